The minimum Gasteiger partial charge on any atom is -0.459 e. The van der Waals surface area contributed by atoms with Crippen molar-refractivity contribution in [1.82, 2.24) is 20.5 Å². The maximum Gasteiger partial charge on any atom is 0.263 e. The van der Waals surface area contributed by atoms with Gasteiger partial charge in [0.25, 0.3) is 5.89 Å². The Hall–Kier alpha value is -2.12. The third-order valence-electron chi connectivity index (χ3n) is 4.14. The van der Waals surface area contributed by atoms with E-state index in [1.807, 2.05) is 6.92 Å². The highest BCUT2D eigenvalue weighted by atomic mass is 16.4. The molecule has 0 bridgehead atoms. The maximum absolute atomic E-state index is 12.1. The van der Waals surface area contributed by atoms with Gasteiger partial charge in [0.2, 0.25) is 5.91 Å². The van der Waals surface area contributed by atoms with Gasteiger partial charge in [0, 0.05) is 32.7 Å². The molecule has 0 atom stereocenters. The highest BCUT2D eigenvalue weighted by Crippen LogP contribution is 2.22. The average Bonchev–Trinajstić information content (AvgIpc) is 3.23. The fourth-order valence-corrected chi connectivity index (χ4v) is 2.78. The Morgan fingerprint density at radius 2 is 2.25 bits per heavy atom. The molecule has 1 aliphatic heterocycles. The van der Waals surface area contributed by atoms with Crippen LogP contribution in [-0.4, -0.2) is 55.1 Å². The average molecular weight is 332 g/mol. The van der Waals surface area contributed by atoms with E-state index in [0.29, 0.717) is 29.6 Å². The number of aromatic nitrogens is 1. The molecule has 0 saturated carbocycles. The van der Waals surface area contributed by atoms with Gasteiger partial charge in [0.05, 0.1) is 18.4 Å². The lowest BCUT2D eigenvalue weighted by molar-refractivity contribution is -0.120. The number of hydrogen-bond donors (Lipinski definition) is 2. The summed E-state index contributed by atoms with van der Waals surface area (Å²) in [5.74, 6) is 1.61. The van der Waals surface area contributed by atoms with Gasteiger partial charge in [-0.15, -0.1) is 0 Å². The molecular formula is C17H24N4O3. The third kappa shape index (κ3) is 4.46. The topological polar surface area (TPSA) is 83.5 Å². The Labute approximate surface area is 141 Å². The number of nitrogens with zero attached hydrogens (tertiary/aromatic N) is 2. The van der Waals surface area contributed by atoms with Crippen LogP contribution in [0, 0.1) is 6.92 Å². The third-order valence-corrected chi connectivity index (χ3v) is 4.14. The smallest absolute Gasteiger partial charge is 0.263 e. The summed E-state index contributed by atoms with van der Waals surface area (Å²) in [5, 5.41) is 6.29. The lowest BCUT2D eigenvalue weighted by atomic mass is 10.2. The van der Waals surface area contributed by atoms with Crippen LogP contribution in [0.3, 0.4) is 0 Å². The van der Waals surface area contributed by atoms with Crippen molar-refractivity contribution in [3.8, 4) is 11.7 Å². The Bertz CT molecular complexity index is 645. The number of furan rings is 1. The molecule has 0 unspecified atom stereocenters. The van der Waals surface area contributed by atoms with Crippen LogP contribution in [0.25, 0.3) is 11.7 Å². The normalized spacial score (nSPS) is 15.5. The van der Waals surface area contributed by atoms with Crippen molar-refractivity contribution in [2.24, 2.45) is 0 Å². The molecule has 7 nitrogen and oxygen atoms in total. The highest BCUT2D eigenvalue weighted by Gasteiger charge is 2.16. The van der Waals surface area contributed by atoms with Gasteiger partial charge in [-0.25, -0.2) is 4.98 Å². The van der Waals surface area contributed by atoms with Gasteiger partial charge in [-0.05, 0) is 32.0 Å². The number of rotatable bonds is 7. The molecule has 0 aliphatic carbocycles. The van der Waals surface area contributed by atoms with Crippen LogP contribution in [-0.2, 0) is 11.2 Å². The molecule has 7 heteroatoms. The summed E-state index contributed by atoms with van der Waals surface area (Å²) >= 11 is 0. The van der Waals surface area contributed by atoms with Crippen molar-refractivity contribution >= 4 is 5.91 Å². The van der Waals surface area contributed by atoms with Gasteiger partial charge in [0.1, 0.15) is 5.76 Å². The molecule has 1 aliphatic rings. The SMILES string of the molecule is Cc1oc(-c2ccco2)nc1CC(=O)NCCCN1CCNCC1. The quantitative estimate of drug-likeness (QED) is 0.741. The van der Waals surface area contributed by atoms with E-state index in [-0.39, 0.29) is 12.3 Å². The Morgan fingerprint density at radius 1 is 1.42 bits per heavy atom. The molecule has 3 rings (SSSR count). The van der Waals surface area contributed by atoms with E-state index in [2.05, 4.69) is 20.5 Å². The minimum atomic E-state index is -0.0299. The zero-order chi connectivity index (χ0) is 16.8. The summed E-state index contributed by atoms with van der Waals surface area (Å²) in [5.41, 5.74) is 0.654. The zero-order valence-corrected chi connectivity index (χ0v) is 14.0. The second-order valence-electron chi connectivity index (χ2n) is 5.97. The number of hydrogen-bond acceptors (Lipinski definition) is 6. The van der Waals surface area contributed by atoms with E-state index in [4.69, 9.17) is 8.83 Å². The van der Waals surface area contributed by atoms with Crippen LogP contribution in [0.2, 0.25) is 0 Å². The van der Waals surface area contributed by atoms with Gasteiger partial charge < -0.3 is 24.4 Å². The summed E-state index contributed by atoms with van der Waals surface area (Å²) in [6, 6.07) is 3.56. The molecule has 0 spiro atoms. The zero-order valence-electron chi connectivity index (χ0n) is 14.0. The molecule has 3 heterocycles. The maximum atomic E-state index is 12.1. The second kappa shape index (κ2) is 8.12. The van der Waals surface area contributed by atoms with Crippen molar-refractivity contribution in [2.45, 2.75) is 19.8 Å². The summed E-state index contributed by atoms with van der Waals surface area (Å²) in [6.45, 7) is 7.79. The number of amides is 1. The molecule has 2 aromatic heterocycles. The van der Waals surface area contributed by atoms with Gasteiger partial charge in [-0.1, -0.05) is 0 Å². The number of aryl methyl sites for hydroxylation is 1. The number of nitrogens with one attached hydrogen (secondary N) is 2. The van der Waals surface area contributed by atoms with Crippen LogP contribution in [0.1, 0.15) is 17.9 Å². The van der Waals surface area contributed by atoms with Crippen LogP contribution in [0.4, 0.5) is 0 Å². The standard InChI is InChI=1S/C17H24N4O3/c1-13-14(20-17(24-13)15-4-2-11-23-15)12-16(22)19-5-3-8-21-9-6-18-7-10-21/h2,4,11,18H,3,5-10,12H2,1H3,(H,19,22). The van der Waals surface area contributed by atoms with Crippen molar-refractivity contribution in [2.75, 3.05) is 39.3 Å². The largest absolute Gasteiger partial charge is 0.459 e. The number of carbonyl (C=O) groups is 1. The molecule has 2 aromatic rings. The number of oxazole rings is 1. The van der Waals surface area contributed by atoms with E-state index < -0.39 is 0 Å². The summed E-state index contributed by atoms with van der Waals surface area (Å²) < 4.78 is 10.8. The van der Waals surface area contributed by atoms with Crippen molar-refractivity contribution in [3.63, 3.8) is 0 Å². The van der Waals surface area contributed by atoms with Gasteiger partial charge in [-0.2, -0.15) is 0 Å². The van der Waals surface area contributed by atoms with Gasteiger partial charge in [-0.3, -0.25) is 4.79 Å². The monoisotopic (exact) mass is 332 g/mol. The molecule has 0 aromatic carbocycles. The number of carbonyl (C=O) groups excluding carboxylic acids is 1. The van der Waals surface area contributed by atoms with E-state index in [0.717, 1.165) is 39.1 Å². The molecule has 0 radical (unpaired) electrons. The van der Waals surface area contributed by atoms with Crippen molar-refractivity contribution in [1.29, 1.82) is 0 Å². The van der Waals surface area contributed by atoms with Gasteiger partial charge in [0.15, 0.2) is 5.76 Å². The highest BCUT2D eigenvalue weighted by molar-refractivity contribution is 5.78. The minimum absolute atomic E-state index is 0.0299. The first kappa shape index (κ1) is 16.7. The van der Waals surface area contributed by atoms with Crippen LogP contribution < -0.4 is 10.6 Å². The van der Waals surface area contributed by atoms with Crippen molar-refractivity contribution in [3.05, 3.63) is 29.9 Å². The fraction of sp³-hybridized carbons (Fsp3) is 0.529. The summed E-state index contributed by atoms with van der Waals surface area (Å²) in [6.07, 6.45) is 2.75. The molecular weight excluding hydrogens is 308 g/mol. The Morgan fingerprint density at radius 3 is 3.00 bits per heavy atom. The first-order chi connectivity index (χ1) is 11.7. The first-order valence-corrected chi connectivity index (χ1v) is 8.42. The van der Waals surface area contributed by atoms with Crippen LogP contribution >= 0.6 is 0 Å². The van der Waals surface area contributed by atoms with Gasteiger partial charge >= 0.3 is 0 Å². The molecule has 1 amide bonds. The van der Waals surface area contributed by atoms with E-state index in [1.165, 1.54) is 0 Å². The molecule has 130 valence electrons. The Kier molecular flexibility index (Phi) is 5.66. The van der Waals surface area contributed by atoms with E-state index in [1.54, 1.807) is 18.4 Å². The van der Waals surface area contributed by atoms with E-state index in [9.17, 15) is 4.79 Å². The lowest BCUT2D eigenvalue weighted by Crippen LogP contribution is -2.44. The van der Waals surface area contributed by atoms with Crippen LogP contribution in [0.15, 0.2) is 27.2 Å². The van der Waals surface area contributed by atoms with E-state index >= 15 is 0 Å². The first-order valence-electron chi connectivity index (χ1n) is 8.42. The van der Waals surface area contributed by atoms with Crippen molar-refractivity contribution < 1.29 is 13.6 Å². The number of piperazine rings is 1. The predicted molar refractivity (Wildman–Crippen MR) is 89.6 cm³/mol. The molecule has 1 fully saturated rings. The predicted octanol–water partition coefficient (Wildman–Crippen LogP) is 1.20. The lowest BCUT2D eigenvalue weighted by Gasteiger charge is -2.27. The summed E-state index contributed by atoms with van der Waals surface area (Å²) in [4.78, 5) is 18.8. The molecule has 24 heavy (non-hydrogen) atoms. The second-order valence-corrected chi connectivity index (χ2v) is 5.97. The Balaban J connectivity index is 1.41. The van der Waals surface area contributed by atoms with Crippen LogP contribution in [0.5, 0.6) is 0 Å². The molecule has 1 saturated heterocycles. The molecule has 2 N–H and O–H groups in total. The fourth-order valence-electron chi connectivity index (χ4n) is 2.78. The summed E-state index contributed by atoms with van der Waals surface area (Å²) in [7, 11) is 0.